The summed E-state index contributed by atoms with van der Waals surface area (Å²) in [5.74, 6) is 3.14. The molecule has 3 unspecified atom stereocenters. The largest absolute Gasteiger partial charge is 0.466 e. The van der Waals surface area contributed by atoms with Gasteiger partial charge in [0, 0.05) is 44.1 Å². The number of benzene rings is 1. The van der Waals surface area contributed by atoms with Gasteiger partial charge in [-0.2, -0.15) is 0 Å². The lowest BCUT2D eigenvalue weighted by Gasteiger charge is -2.33. The Bertz CT molecular complexity index is 928. The van der Waals surface area contributed by atoms with Gasteiger partial charge in [-0.3, -0.25) is 4.79 Å². The lowest BCUT2D eigenvalue weighted by Crippen LogP contribution is -2.44. The number of likely N-dealkylation sites (tertiary alicyclic amines) is 1. The first-order valence-corrected chi connectivity index (χ1v) is 11.1. The van der Waals surface area contributed by atoms with Gasteiger partial charge >= 0.3 is 6.03 Å². The van der Waals surface area contributed by atoms with E-state index in [1.54, 1.807) is 12.1 Å². The summed E-state index contributed by atoms with van der Waals surface area (Å²) in [5.41, 5.74) is 0.412. The number of aryl methyl sites for hydroxylation is 1. The van der Waals surface area contributed by atoms with Crippen LogP contribution in [0.3, 0.4) is 0 Å². The molecule has 1 aromatic heterocycles. The van der Waals surface area contributed by atoms with Gasteiger partial charge < -0.3 is 20.0 Å². The second-order valence-corrected chi connectivity index (χ2v) is 8.82. The van der Waals surface area contributed by atoms with Crippen molar-refractivity contribution in [2.24, 2.45) is 11.8 Å². The monoisotopic (exact) mass is 427 g/mol. The first kappa shape index (κ1) is 21.4. The van der Waals surface area contributed by atoms with Crippen LogP contribution in [0.2, 0.25) is 0 Å². The fourth-order valence-electron chi connectivity index (χ4n) is 4.27. The number of furan rings is 1. The molecule has 0 spiro atoms. The van der Waals surface area contributed by atoms with Crippen LogP contribution in [0, 0.1) is 17.7 Å². The van der Waals surface area contributed by atoms with E-state index in [-0.39, 0.29) is 17.9 Å². The highest BCUT2D eigenvalue weighted by Gasteiger charge is 2.36. The molecule has 2 N–H and O–H groups in total. The van der Waals surface area contributed by atoms with E-state index in [2.05, 4.69) is 17.6 Å². The summed E-state index contributed by atoms with van der Waals surface area (Å²) in [6.07, 6.45) is 4.14. The number of carbonyl (C=O) groups excluding carboxylic acids is 2. The van der Waals surface area contributed by atoms with Gasteiger partial charge in [0.05, 0.1) is 0 Å². The zero-order chi connectivity index (χ0) is 21.8. The van der Waals surface area contributed by atoms with Gasteiger partial charge in [0.25, 0.3) is 0 Å². The van der Waals surface area contributed by atoms with Crippen molar-refractivity contribution >= 4 is 17.6 Å². The highest BCUT2D eigenvalue weighted by Crippen LogP contribution is 2.47. The highest BCUT2D eigenvalue weighted by molar-refractivity contribution is 5.89. The molecular formula is C24H30FN3O3. The van der Waals surface area contributed by atoms with Gasteiger partial charge in [0.2, 0.25) is 5.91 Å². The summed E-state index contributed by atoms with van der Waals surface area (Å²) < 4.78 is 19.1. The van der Waals surface area contributed by atoms with Crippen LogP contribution >= 0.6 is 0 Å². The minimum absolute atomic E-state index is 0.131. The summed E-state index contributed by atoms with van der Waals surface area (Å²) >= 11 is 0. The minimum atomic E-state index is -0.396. The number of hydrogen-bond acceptors (Lipinski definition) is 3. The van der Waals surface area contributed by atoms with Crippen molar-refractivity contribution in [3.05, 3.63) is 53.7 Å². The number of nitrogens with zero attached hydrogens (tertiary/aromatic N) is 1. The number of nitrogens with one attached hydrogen (secondary N) is 2. The molecular weight excluding hydrogens is 397 g/mol. The Kier molecular flexibility index (Phi) is 6.59. The molecule has 31 heavy (non-hydrogen) atoms. The summed E-state index contributed by atoms with van der Waals surface area (Å²) in [5, 5.41) is 5.47. The molecule has 0 bridgehead atoms. The molecule has 2 aliphatic rings. The van der Waals surface area contributed by atoms with Crippen molar-refractivity contribution in [3.63, 3.8) is 0 Å². The van der Waals surface area contributed by atoms with Crippen molar-refractivity contribution in [2.75, 3.05) is 25.0 Å². The summed E-state index contributed by atoms with van der Waals surface area (Å²) in [6.45, 7) is 4.10. The molecule has 7 heteroatoms. The molecule has 1 aromatic carbocycles. The van der Waals surface area contributed by atoms with E-state index in [9.17, 15) is 14.0 Å². The van der Waals surface area contributed by atoms with Gasteiger partial charge in [0.1, 0.15) is 17.3 Å². The molecule has 0 radical (unpaired) electrons. The third-order valence-electron chi connectivity index (χ3n) is 6.25. The Morgan fingerprint density at radius 2 is 2.10 bits per heavy atom. The molecule has 2 aromatic rings. The number of urea groups is 1. The van der Waals surface area contributed by atoms with E-state index in [1.807, 2.05) is 17.0 Å². The molecule has 1 saturated carbocycles. The van der Waals surface area contributed by atoms with Crippen molar-refractivity contribution in [1.82, 2.24) is 10.2 Å². The lowest BCUT2D eigenvalue weighted by molar-refractivity contribution is -0.133. The molecule has 3 amide bonds. The molecule has 4 rings (SSSR count). The van der Waals surface area contributed by atoms with Crippen LogP contribution in [-0.2, 0) is 11.2 Å². The fraction of sp³-hybridized carbons (Fsp3) is 0.500. The number of rotatable bonds is 7. The Morgan fingerprint density at radius 3 is 2.87 bits per heavy atom. The van der Waals surface area contributed by atoms with Gasteiger partial charge in [0.15, 0.2) is 0 Å². The van der Waals surface area contributed by atoms with E-state index in [0.29, 0.717) is 43.5 Å². The van der Waals surface area contributed by atoms with Crippen molar-refractivity contribution < 1.29 is 18.4 Å². The number of amides is 3. The van der Waals surface area contributed by atoms with Gasteiger partial charge in [-0.25, -0.2) is 9.18 Å². The molecule has 6 nitrogen and oxygen atoms in total. The SMILES string of the molecule is CC1CC1c1ccc(CCC(=O)N2CCCC(CNC(=O)Nc3cccc(F)c3)C2)o1. The highest BCUT2D eigenvalue weighted by atomic mass is 19.1. The average Bonchev–Trinajstić information content (AvgIpc) is 3.30. The number of hydrogen-bond donors (Lipinski definition) is 2. The maximum Gasteiger partial charge on any atom is 0.319 e. The molecule has 1 aliphatic heterocycles. The number of anilines is 1. The predicted octanol–water partition coefficient (Wildman–Crippen LogP) is 4.54. The maximum absolute atomic E-state index is 13.2. The standard InChI is InChI=1S/C24H30FN3O3/c1-16-12-21(16)22-9-7-20(31-22)8-10-23(29)28-11-3-4-17(15-28)14-26-24(30)27-19-6-2-5-18(25)13-19/h2,5-7,9,13,16-17,21H,3-4,8,10-12,14-15H2,1H3,(H2,26,27,30). The van der Waals surface area contributed by atoms with E-state index < -0.39 is 5.82 Å². The number of carbonyl (C=O) groups is 2. The number of piperidine rings is 1. The topological polar surface area (TPSA) is 74.6 Å². The van der Waals surface area contributed by atoms with Crippen LogP contribution in [0.1, 0.15) is 50.0 Å². The molecule has 3 atom stereocenters. The first-order valence-electron chi connectivity index (χ1n) is 11.1. The maximum atomic E-state index is 13.2. The first-order chi connectivity index (χ1) is 15.0. The molecule has 166 valence electrons. The van der Waals surface area contributed by atoms with Crippen LogP contribution in [0.4, 0.5) is 14.9 Å². The Balaban J connectivity index is 1.19. The van der Waals surface area contributed by atoms with Crippen LogP contribution in [-0.4, -0.2) is 36.5 Å². The van der Waals surface area contributed by atoms with Gasteiger partial charge in [-0.1, -0.05) is 13.0 Å². The molecule has 1 aliphatic carbocycles. The Morgan fingerprint density at radius 1 is 1.26 bits per heavy atom. The van der Waals surface area contributed by atoms with E-state index in [0.717, 1.165) is 30.9 Å². The van der Waals surface area contributed by atoms with Crippen LogP contribution in [0.5, 0.6) is 0 Å². The van der Waals surface area contributed by atoms with Gasteiger partial charge in [-0.15, -0.1) is 0 Å². The van der Waals surface area contributed by atoms with Crippen LogP contribution < -0.4 is 10.6 Å². The van der Waals surface area contributed by atoms with Gasteiger partial charge in [-0.05, 0) is 61.4 Å². The summed E-state index contributed by atoms with van der Waals surface area (Å²) in [7, 11) is 0. The second kappa shape index (κ2) is 9.54. The normalized spacial score (nSPS) is 22.8. The van der Waals surface area contributed by atoms with E-state index in [1.165, 1.54) is 18.6 Å². The zero-order valence-corrected chi connectivity index (χ0v) is 17.9. The predicted molar refractivity (Wildman–Crippen MR) is 116 cm³/mol. The smallest absolute Gasteiger partial charge is 0.319 e. The summed E-state index contributed by atoms with van der Waals surface area (Å²) in [4.78, 5) is 26.7. The van der Waals surface area contributed by atoms with Crippen molar-refractivity contribution in [1.29, 1.82) is 0 Å². The molecule has 2 fully saturated rings. The van der Waals surface area contributed by atoms with Crippen LogP contribution in [0.15, 0.2) is 40.8 Å². The Hall–Kier alpha value is -2.83. The van der Waals surface area contributed by atoms with Crippen molar-refractivity contribution in [2.45, 2.75) is 44.9 Å². The third-order valence-corrected chi connectivity index (χ3v) is 6.25. The molecule has 2 heterocycles. The second-order valence-electron chi connectivity index (χ2n) is 8.82. The zero-order valence-electron chi connectivity index (χ0n) is 17.9. The summed E-state index contributed by atoms with van der Waals surface area (Å²) in [6, 6.07) is 9.46. The quantitative estimate of drug-likeness (QED) is 0.682. The lowest BCUT2D eigenvalue weighted by atomic mass is 9.97. The number of halogens is 1. The third kappa shape index (κ3) is 5.87. The Labute approximate surface area is 182 Å². The molecule has 1 saturated heterocycles. The van der Waals surface area contributed by atoms with Crippen LogP contribution in [0.25, 0.3) is 0 Å². The minimum Gasteiger partial charge on any atom is -0.466 e. The van der Waals surface area contributed by atoms with E-state index in [4.69, 9.17) is 4.42 Å². The fourth-order valence-corrected chi connectivity index (χ4v) is 4.27. The van der Waals surface area contributed by atoms with Crippen molar-refractivity contribution in [3.8, 4) is 0 Å². The van der Waals surface area contributed by atoms with E-state index >= 15 is 0 Å². The average molecular weight is 428 g/mol.